The van der Waals surface area contributed by atoms with Gasteiger partial charge in [0.05, 0.1) is 24.6 Å². The summed E-state index contributed by atoms with van der Waals surface area (Å²) in [6.45, 7) is 3.34. The van der Waals surface area contributed by atoms with Gasteiger partial charge in [-0.2, -0.15) is 10.2 Å². The SMILES string of the molecule is Cc1cnn(CCNC(=O)Cn2cc(N)cn2)c1. The molecule has 96 valence electrons. The third-order valence-electron chi connectivity index (χ3n) is 2.38. The molecule has 0 aliphatic rings. The molecule has 2 rings (SSSR count). The molecule has 7 heteroatoms. The summed E-state index contributed by atoms with van der Waals surface area (Å²) >= 11 is 0. The first-order chi connectivity index (χ1) is 8.63. The van der Waals surface area contributed by atoms with Gasteiger partial charge in [-0.1, -0.05) is 0 Å². The van der Waals surface area contributed by atoms with Crippen molar-refractivity contribution in [3.05, 3.63) is 30.4 Å². The van der Waals surface area contributed by atoms with E-state index in [0.29, 0.717) is 18.8 Å². The van der Waals surface area contributed by atoms with Crippen molar-refractivity contribution in [1.82, 2.24) is 24.9 Å². The molecule has 0 spiro atoms. The van der Waals surface area contributed by atoms with Gasteiger partial charge in [-0.15, -0.1) is 0 Å². The summed E-state index contributed by atoms with van der Waals surface area (Å²) in [5, 5.41) is 10.9. The average molecular weight is 248 g/mol. The number of aryl methyl sites for hydroxylation is 1. The molecule has 0 aromatic carbocycles. The Bertz CT molecular complexity index is 529. The van der Waals surface area contributed by atoms with Crippen LogP contribution in [0, 0.1) is 6.92 Å². The zero-order valence-electron chi connectivity index (χ0n) is 10.2. The quantitative estimate of drug-likeness (QED) is 0.765. The summed E-state index contributed by atoms with van der Waals surface area (Å²) in [5.74, 6) is -0.0954. The van der Waals surface area contributed by atoms with Gasteiger partial charge < -0.3 is 11.1 Å². The highest BCUT2D eigenvalue weighted by molar-refractivity contribution is 5.75. The molecular formula is C11H16N6O. The molecule has 2 heterocycles. The molecule has 1 amide bonds. The molecule has 0 fully saturated rings. The topological polar surface area (TPSA) is 90.8 Å². The van der Waals surface area contributed by atoms with E-state index in [4.69, 9.17) is 5.73 Å². The van der Waals surface area contributed by atoms with Crippen LogP contribution in [0.2, 0.25) is 0 Å². The lowest BCUT2D eigenvalue weighted by molar-refractivity contribution is -0.121. The first-order valence-electron chi connectivity index (χ1n) is 5.67. The van der Waals surface area contributed by atoms with Gasteiger partial charge in [0.15, 0.2) is 0 Å². The number of nitrogens with two attached hydrogens (primary N) is 1. The number of nitrogens with one attached hydrogen (secondary N) is 1. The second-order valence-corrected chi connectivity index (χ2v) is 4.10. The van der Waals surface area contributed by atoms with Crippen LogP contribution in [-0.4, -0.2) is 32.0 Å². The van der Waals surface area contributed by atoms with Gasteiger partial charge in [-0.25, -0.2) is 0 Å². The standard InChI is InChI=1S/C11H16N6O/c1-9-4-14-16(6-9)3-2-13-11(18)8-17-7-10(12)5-15-17/h4-7H,2-3,8,12H2,1H3,(H,13,18). The van der Waals surface area contributed by atoms with Gasteiger partial charge in [-0.05, 0) is 12.5 Å². The minimum absolute atomic E-state index is 0.0954. The van der Waals surface area contributed by atoms with E-state index in [1.807, 2.05) is 13.1 Å². The van der Waals surface area contributed by atoms with E-state index in [-0.39, 0.29) is 12.5 Å². The van der Waals surface area contributed by atoms with Crippen LogP contribution in [-0.2, 0) is 17.9 Å². The Kier molecular flexibility index (Phi) is 3.61. The van der Waals surface area contributed by atoms with E-state index in [2.05, 4.69) is 15.5 Å². The Morgan fingerprint density at radius 2 is 2.11 bits per heavy atom. The van der Waals surface area contributed by atoms with Gasteiger partial charge in [0.25, 0.3) is 0 Å². The van der Waals surface area contributed by atoms with E-state index in [1.165, 1.54) is 10.9 Å². The van der Waals surface area contributed by atoms with E-state index in [1.54, 1.807) is 17.1 Å². The number of carbonyl (C=O) groups is 1. The van der Waals surface area contributed by atoms with Crippen LogP contribution >= 0.6 is 0 Å². The predicted molar refractivity (Wildman–Crippen MR) is 66.6 cm³/mol. The molecule has 2 aromatic rings. The van der Waals surface area contributed by atoms with Gasteiger partial charge in [0.2, 0.25) is 5.91 Å². The highest BCUT2D eigenvalue weighted by Crippen LogP contribution is 1.97. The Balaban J connectivity index is 1.72. The maximum atomic E-state index is 11.6. The van der Waals surface area contributed by atoms with Crippen LogP contribution in [0.4, 0.5) is 5.69 Å². The van der Waals surface area contributed by atoms with Crippen molar-refractivity contribution < 1.29 is 4.79 Å². The van der Waals surface area contributed by atoms with Crippen LogP contribution in [0.1, 0.15) is 5.56 Å². The van der Waals surface area contributed by atoms with Crippen LogP contribution in [0.5, 0.6) is 0 Å². The number of hydrogen-bond acceptors (Lipinski definition) is 4. The number of hydrogen-bond donors (Lipinski definition) is 2. The molecule has 0 bridgehead atoms. The molecule has 0 saturated carbocycles. The summed E-state index contributed by atoms with van der Waals surface area (Å²) in [4.78, 5) is 11.6. The second-order valence-electron chi connectivity index (χ2n) is 4.10. The Morgan fingerprint density at radius 1 is 1.33 bits per heavy atom. The van der Waals surface area contributed by atoms with Crippen molar-refractivity contribution in [1.29, 1.82) is 0 Å². The van der Waals surface area contributed by atoms with E-state index in [9.17, 15) is 4.79 Å². The Hall–Kier alpha value is -2.31. The summed E-state index contributed by atoms with van der Waals surface area (Å²) < 4.78 is 3.30. The molecule has 0 radical (unpaired) electrons. The van der Waals surface area contributed by atoms with Gasteiger partial charge in [-0.3, -0.25) is 14.2 Å². The minimum atomic E-state index is -0.0954. The molecule has 2 aromatic heterocycles. The van der Waals surface area contributed by atoms with Crippen molar-refractivity contribution in [2.24, 2.45) is 0 Å². The molecule has 3 N–H and O–H groups in total. The number of rotatable bonds is 5. The monoisotopic (exact) mass is 248 g/mol. The number of amides is 1. The molecule has 0 aliphatic heterocycles. The van der Waals surface area contributed by atoms with Crippen molar-refractivity contribution >= 4 is 11.6 Å². The van der Waals surface area contributed by atoms with Crippen molar-refractivity contribution in [2.75, 3.05) is 12.3 Å². The van der Waals surface area contributed by atoms with Crippen molar-refractivity contribution in [3.63, 3.8) is 0 Å². The van der Waals surface area contributed by atoms with Crippen LogP contribution in [0.3, 0.4) is 0 Å². The van der Waals surface area contributed by atoms with Gasteiger partial charge >= 0.3 is 0 Å². The van der Waals surface area contributed by atoms with Crippen molar-refractivity contribution in [3.8, 4) is 0 Å². The molecule has 0 saturated heterocycles. The first kappa shape index (κ1) is 12.2. The summed E-state index contributed by atoms with van der Waals surface area (Å²) in [7, 11) is 0. The maximum absolute atomic E-state index is 11.6. The van der Waals surface area contributed by atoms with E-state index in [0.717, 1.165) is 5.56 Å². The zero-order valence-corrected chi connectivity index (χ0v) is 10.2. The van der Waals surface area contributed by atoms with Gasteiger partial charge in [0.1, 0.15) is 6.54 Å². The zero-order chi connectivity index (χ0) is 13.0. The number of carbonyl (C=O) groups excluding carboxylic acids is 1. The molecule has 7 nitrogen and oxygen atoms in total. The van der Waals surface area contributed by atoms with Crippen LogP contribution < -0.4 is 11.1 Å². The second kappa shape index (κ2) is 5.35. The normalized spacial score (nSPS) is 10.5. The third kappa shape index (κ3) is 3.34. The summed E-state index contributed by atoms with van der Waals surface area (Å²) in [5.41, 5.74) is 7.16. The minimum Gasteiger partial charge on any atom is -0.396 e. The average Bonchev–Trinajstić information content (AvgIpc) is 2.88. The highest BCUT2D eigenvalue weighted by atomic mass is 16.2. The number of nitrogens with zero attached hydrogens (tertiary/aromatic N) is 4. The number of anilines is 1. The fourth-order valence-electron chi connectivity index (χ4n) is 1.57. The fraction of sp³-hybridized carbons (Fsp3) is 0.364. The maximum Gasteiger partial charge on any atom is 0.241 e. The first-order valence-corrected chi connectivity index (χ1v) is 5.67. The Morgan fingerprint density at radius 3 is 2.72 bits per heavy atom. The largest absolute Gasteiger partial charge is 0.396 e. The summed E-state index contributed by atoms with van der Waals surface area (Å²) in [6, 6.07) is 0. The van der Waals surface area contributed by atoms with Crippen LogP contribution in [0.25, 0.3) is 0 Å². The molecular weight excluding hydrogens is 232 g/mol. The van der Waals surface area contributed by atoms with Crippen molar-refractivity contribution in [2.45, 2.75) is 20.0 Å². The summed E-state index contributed by atoms with van der Waals surface area (Å²) in [6.07, 6.45) is 6.85. The number of nitrogen functional groups attached to an aromatic ring is 1. The lowest BCUT2D eigenvalue weighted by Crippen LogP contribution is -2.30. The number of aromatic nitrogens is 4. The molecule has 0 unspecified atom stereocenters. The highest BCUT2D eigenvalue weighted by Gasteiger charge is 2.03. The Labute approximate surface area is 105 Å². The van der Waals surface area contributed by atoms with Gasteiger partial charge in [0, 0.05) is 18.9 Å². The van der Waals surface area contributed by atoms with E-state index < -0.39 is 0 Å². The molecule has 0 atom stereocenters. The smallest absolute Gasteiger partial charge is 0.241 e. The van der Waals surface area contributed by atoms with Crippen LogP contribution in [0.15, 0.2) is 24.8 Å². The molecule has 18 heavy (non-hydrogen) atoms. The lowest BCUT2D eigenvalue weighted by Gasteiger charge is -2.05. The fourth-order valence-corrected chi connectivity index (χ4v) is 1.57. The molecule has 0 aliphatic carbocycles. The predicted octanol–water partition coefficient (Wildman–Crippen LogP) is -0.213. The lowest BCUT2D eigenvalue weighted by atomic mass is 10.4. The van der Waals surface area contributed by atoms with E-state index >= 15 is 0 Å². The third-order valence-corrected chi connectivity index (χ3v) is 2.38.